The van der Waals surface area contributed by atoms with Crippen molar-refractivity contribution in [3.05, 3.63) is 93.5 Å². The van der Waals surface area contributed by atoms with E-state index in [1.807, 2.05) is 42.5 Å². The number of nitrogens with two attached hydrogens (primary N) is 1. The van der Waals surface area contributed by atoms with Gasteiger partial charge in [0.15, 0.2) is 0 Å². The van der Waals surface area contributed by atoms with Crippen LogP contribution in [0.2, 0.25) is 0 Å². The minimum Gasteiger partial charge on any atom is -0.371 e. The fourth-order valence-electron chi connectivity index (χ4n) is 4.13. The van der Waals surface area contributed by atoms with E-state index < -0.39 is 10.3 Å². The van der Waals surface area contributed by atoms with Gasteiger partial charge in [-0.15, -0.1) is 0 Å². The third kappa shape index (κ3) is 5.97. The molecule has 1 amide bonds. The predicted molar refractivity (Wildman–Crippen MR) is 136 cm³/mol. The van der Waals surface area contributed by atoms with Crippen LogP contribution in [0.5, 0.6) is 5.75 Å². The summed E-state index contributed by atoms with van der Waals surface area (Å²) >= 11 is 3.52. The topological polar surface area (TPSA) is 92.9 Å². The molecule has 3 aromatic rings. The lowest BCUT2D eigenvalue weighted by atomic mass is 9.99. The zero-order valence-electron chi connectivity index (χ0n) is 18.8. The Morgan fingerprint density at radius 3 is 2.53 bits per heavy atom. The fourth-order valence-corrected chi connectivity index (χ4v) is 4.95. The van der Waals surface area contributed by atoms with Gasteiger partial charge in [-0.25, -0.2) is 0 Å². The van der Waals surface area contributed by atoms with Crippen LogP contribution in [0, 0.1) is 0 Å². The molecule has 4 rings (SSSR count). The molecule has 0 radical (unpaired) electrons. The number of amides is 1. The van der Waals surface area contributed by atoms with E-state index in [1.165, 1.54) is 5.56 Å². The Morgan fingerprint density at radius 1 is 1.09 bits per heavy atom. The van der Waals surface area contributed by atoms with E-state index in [-0.39, 0.29) is 11.7 Å². The minimum absolute atomic E-state index is 0.0648. The molecule has 0 aromatic heterocycles. The Bertz CT molecular complexity index is 1300. The van der Waals surface area contributed by atoms with Crippen LogP contribution in [0.4, 0.5) is 5.69 Å². The van der Waals surface area contributed by atoms with Gasteiger partial charge in [-0.05, 0) is 78.6 Å². The molecule has 1 aliphatic rings. The summed E-state index contributed by atoms with van der Waals surface area (Å²) in [5.41, 5.74) is 4.78. The lowest BCUT2D eigenvalue weighted by Crippen LogP contribution is -2.36. The molecule has 0 spiro atoms. The second kappa shape index (κ2) is 10.2. The Labute approximate surface area is 208 Å². The van der Waals surface area contributed by atoms with Crippen LogP contribution in [0.25, 0.3) is 0 Å². The number of carbonyl (C=O) groups is 1. The predicted octanol–water partition coefficient (Wildman–Crippen LogP) is 4.26. The Kier molecular flexibility index (Phi) is 7.25. The molecule has 7 nitrogen and oxygen atoms in total. The summed E-state index contributed by atoms with van der Waals surface area (Å²) in [5.74, 6) is 0.0787. The second-order valence-corrected chi connectivity index (χ2v) is 10.2. The molecule has 0 unspecified atom stereocenters. The maximum absolute atomic E-state index is 13.2. The molecule has 0 saturated heterocycles. The van der Waals surface area contributed by atoms with E-state index in [2.05, 4.69) is 39.9 Å². The summed E-state index contributed by atoms with van der Waals surface area (Å²) in [7, 11) is -4.10. The van der Waals surface area contributed by atoms with Crippen molar-refractivity contribution in [2.24, 2.45) is 5.14 Å². The van der Waals surface area contributed by atoms with Crippen molar-refractivity contribution in [3.63, 3.8) is 0 Å². The molecular formula is C25H26BrN3O4S. The number of hydrogen-bond donors (Lipinski definition) is 1. The Balaban J connectivity index is 1.46. The zero-order valence-corrected chi connectivity index (χ0v) is 21.2. The van der Waals surface area contributed by atoms with Crippen molar-refractivity contribution in [2.75, 3.05) is 18.0 Å². The van der Waals surface area contributed by atoms with Crippen LogP contribution in [0.15, 0.2) is 71.2 Å². The summed E-state index contributed by atoms with van der Waals surface area (Å²) < 4.78 is 28.3. The van der Waals surface area contributed by atoms with Gasteiger partial charge in [0, 0.05) is 41.9 Å². The lowest BCUT2D eigenvalue weighted by molar-refractivity contribution is 0.0734. The maximum atomic E-state index is 13.2. The van der Waals surface area contributed by atoms with Crippen molar-refractivity contribution in [2.45, 2.75) is 26.4 Å². The third-order valence-corrected chi connectivity index (χ3v) is 6.73. The molecular weight excluding hydrogens is 518 g/mol. The van der Waals surface area contributed by atoms with Crippen molar-refractivity contribution < 1.29 is 17.4 Å². The smallest absolute Gasteiger partial charge is 0.371 e. The van der Waals surface area contributed by atoms with Gasteiger partial charge < -0.3 is 14.0 Å². The molecule has 9 heteroatoms. The second-order valence-electron chi connectivity index (χ2n) is 8.17. The summed E-state index contributed by atoms with van der Waals surface area (Å²) in [6.45, 7) is 4.69. The van der Waals surface area contributed by atoms with Gasteiger partial charge in [-0.1, -0.05) is 34.1 Å². The molecule has 3 aromatic carbocycles. The first-order valence-electron chi connectivity index (χ1n) is 10.9. The monoisotopic (exact) mass is 543 g/mol. The van der Waals surface area contributed by atoms with Gasteiger partial charge in [0.2, 0.25) is 0 Å². The van der Waals surface area contributed by atoms with Gasteiger partial charge in [-0.3, -0.25) is 4.79 Å². The Morgan fingerprint density at radius 2 is 1.85 bits per heavy atom. The molecule has 0 bridgehead atoms. The largest absolute Gasteiger partial charge is 0.380 e. The number of hydrogen-bond acceptors (Lipinski definition) is 5. The normalized spacial score (nSPS) is 13.3. The molecule has 178 valence electrons. The van der Waals surface area contributed by atoms with Gasteiger partial charge in [-0.2, -0.15) is 13.6 Å². The fraction of sp³-hybridized carbons (Fsp3) is 0.240. The highest BCUT2D eigenvalue weighted by atomic mass is 79.9. The van der Waals surface area contributed by atoms with Gasteiger partial charge in [0.1, 0.15) is 5.75 Å². The molecule has 1 aliphatic heterocycles. The molecule has 0 fully saturated rings. The average Bonchev–Trinajstić information content (AvgIpc) is 2.81. The first-order valence-corrected chi connectivity index (χ1v) is 13.2. The summed E-state index contributed by atoms with van der Waals surface area (Å²) in [6, 6.07) is 20.9. The Hall–Kier alpha value is -2.88. The number of nitrogens with zero attached hydrogens (tertiary/aromatic N) is 2. The highest BCUT2D eigenvalue weighted by molar-refractivity contribution is 9.10. The van der Waals surface area contributed by atoms with Gasteiger partial charge in [0.05, 0.1) is 0 Å². The van der Waals surface area contributed by atoms with E-state index >= 15 is 0 Å². The van der Waals surface area contributed by atoms with Crippen LogP contribution >= 0.6 is 15.9 Å². The highest BCUT2D eigenvalue weighted by Gasteiger charge is 2.23. The molecule has 0 aliphatic carbocycles. The van der Waals surface area contributed by atoms with Crippen molar-refractivity contribution >= 4 is 37.8 Å². The molecule has 1 heterocycles. The van der Waals surface area contributed by atoms with E-state index in [1.54, 1.807) is 17.0 Å². The summed E-state index contributed by atoms with van der Waals surface area (Å²) in [6.07, 6.45) is 0.686. The average molecular weight is 544 g/mol. The van der Waals surface area contributed by atoms with Crippen molar-refractivity contribution in [1.29, 1.82) is 0 Å². The quantitative estimate of drug-likeness (QED) is 0.480. The molecule has 0 atom stereocenters. The number of benzene rings is 3. The summed E-state index contributed by atoms with van der Waals surface area (Å²) in [5, 5.41) is 4.97. The van der Waals surface area contributed by atoms with Crippen LogP contribution in [0.3, 0.4) is 0 Å². The number of fused-ring (bicyclic) bond motifs is 1. The lowest BCUT2D eigenvalue weighted by Gasteiger charge is -2.29. The molecule has 0 saturated carbocycles. The van der Waals surface area contributed by atoms with Crippen LogP contribution < -0.4 is 14.2 Å². The van der Waals surface area contributed by atoms with E-state index in [0.29, 0.717) is 25.1 Å². The standard InChI is InChI=1S/C25H26BrN3O4S/c1-2-28(16-18-4-3-5-22(26)14-18)23-9-6-20(7-10-23)25(30)29-13-12-19-8-11-24(15-21(19)17-29)33-34(27,31)32/h3-11,14-15H,2,12-13,16-17H2,1H3,(H2,27,31,32). The maximum Gasteiger partial charge on any atom is 0.380 e. The summed E-state index contributed by atoms with van der Waals surface area (Å²) in [4.78, 5) is 17.2. The first-order chi connectivity index (χ1) is 16.2. The minimum atomic E-state index is -4.10. The van der Waals surface area contributed by atoms with Crippen molar-refractivity contribution in [1.82, 2.24) is 4.90 Å². The van der Waals surface area contributed by atoms with Crippen LogP contribution in [-0.4, -0.2) is 32.3 Å². The molecule has 34 heavy (non-hydrogen) atoms. The van der Waals surface area contributed by atoms with Crippen LogP contribution in [-0.2, 0) is 29.8 Å². The number of anilines is 1. The van der Waals surface area contributed by atoms with E-state index in [9.17, 15) is 13.2 Å². The van der Waals surface area contributed by atoms with E-state index in [0.717, 1.165) is 34.4 Å². The van der Waals surface area contributed by atoms with Crippen molar-refractivity contribution in [3.8, 4) is 5.75 Å². The SMILES string of the molecule is CCN(Cc1cccc(Br)c1)c1ccc(C(=O)N2CCc3ccc(OS(N)(=O)=O)cc3C2)cc1. The highest BCUT2D eigenvalue weighted by Crippen LogP contribution is 2.26. The molecule has 2 N–H and O–H groups in total. The zero-order chi connectivity index (χ0) is 24.3. The number of carbonyl (C=O) groups excluding carboxylic acids is 1. The first kappa shape index (κ1) is 24.3. The number of halogens is 1. The van der Waals surface area contributed by atoms with Crippen LogP contribution in [0.1, 0.15) is 34.0 Å². The number of rotatable bonds is 7. The van der Waals surface area contributed by atoms with Gasteiger partial charge >= 0.3 is 10.3 Å². The van der Waals surface area contributed by atoms with Gasteiger partial charge in [0.25, 0.3) is 5.91 Å². The van der Waals surface area contributed by atoms with E-state index in [4.69, 9.17) is 9.32 Å². The third-order valence-electron chi connectivity index (χ3n) is 5.81.